The number of likely N-dealkylation sites (tertiary alicyclic amines) is 2. The first-order valence-corrected chi connectivity index (χ1v) is 10.7. The molecule has 4 rings (SSSR count). The molecule has 0 radical (unpaired) electrons. The summed E-state index contributed by atoms with van der Waals surface area (Å²) in [4.78, 5) is 29.7. The second-order valence-corrected chi connectivity index (χ2v) is 8.31. The van der Waals surface area contributed by atoms with Gasteiger partial charge in [0.05, 0.1) is 19.1 Å². The number of hydrogen-bond acceptors (Lipinski definition) is 4. The maximum absolute atomic E-state index is 12.9. The van der Waals surface area contributed by atoms with Gasteiger partial charge in [-0.3, -0.25) is 14.3 Å². The van der Waals surface area contributed by atoms with E-state index in [2.05, 4.69) is 17.2 Å². The van der Waals surface area contributed by atoms with Crippen molar-refractivity contribution in [2.75, 3.05) is 33.4 Å². The second kappa shape index (κ2) is 9.00. The Bertz CT molecular complexity index is 882. The van der Waals surface area contributed by atoms with E-state index in [1.807, 2.05) is 45.7 Å². The summed E-state index contributed by atoms with van der Waals surface area (Å²) in [6.45, 7) is 5.16. The van der Waals surface area contributed by atoms with E-state index in [4.69, 9.17) is 4.74 Å². The van der Waals surface area contributed by atoms with Gasteiger partial charge in [-0.25, -0.2) is 0 Å². The van der Waals surface area contributed by atoms with Crippen molar-refractivity contribution >= 4 is 11.8 Å². The van der Waals surface area contributed by atoms with Gasteiger partial charge in [0.1, 0.15) is 0 Å². The molecule has 0 N–H and O–H groups in total. The summed E-state index contributed by atoms with van der Waals surface area (Å²) in [6.07, 6.45) is 2.61. The molecule has 7 nitrogen and oxygen atoms in total. The molecule has 2 aliphatic rings. The number of ether oxygens (including phenoxy) is 1. The lowest BCUT2D eigenvalue weighted by Crippen LogP contribution is -2.38. The highest BCUT2D eigenvalue weighted by atomic mass is 16.5. The summed E-state index contributed by atoms with van der Waals surface area (Å²) in [5, 5.41) is 4.27. The minimum atomic E-state index is 0.0201. The summed E-state index contributed by atoms with van der Waals surface area (Å²) in [6, 6.07) is 12.2. The van der Waals surface area contributed by atoms with Crippen LogP contribution in [0.4, 0.5) is 0 Å². The molecular formula is C23H30N4O3. The largest absolute Gasteiger partial charge is 0.384 e. The number of benzene rings is 1. The highest BCUT2D eigenvalue weighted by Gasteiger charge is 2.49. The summed E-state index contributed by atoms with van der Waals surface area (Å²) in [5.41, 5.74) is 2.22. The van der Waals surface area contributed by atoms with Crippen molar-refractivity contribution in [1.29, 1.82) is 0 Å². The molecule has 2 fully saturated rings. The summed E-state index contributed by atoms with van der Waals surface area (Å²) < 4.78 is 6.99. The van der Waals surface area contributed by atoms with E-state index in [-0.39, 0.29) is 23.8 Å². The fraction of sp³-hybridized carbons (Fsp3) is 0.522. The molecule has 3 atom stereocenters. The van der Waals surface area contributed by atoms with Crippen LogP contribution in [-0.4, -0.2) is 64.7 Å². The van der Waals surface area contributed by atoms with E-state index in [0.717, 1.165) is 17.8 Å². The fourth-order valence-electron chi connectivity index (χ4n) is 4.91. The summed E-state index contributed by atoms with van der Waals surface area (Å²) in [7, 11) is 1.62. The van der Waals surface area contributed by atoms with Crippen LogP contribution in [0, 0.1) is 18.8 Å². The van der Waals surface area contributed by atoms with Crippen LogP contribution >= 0.6 is 0 Å². The number of aryl methyl sites for hydroxylation is 2. The number of fused-ring (bicyclic) bond motifs is 1. The molecular weight excluding hydrogens is 380 g/mol. The van der Waals surface area contributed by atoms with E-state index in [0.29, 0.717) is 45.0 Å². The average Bonchev–Trinajstić information content (AvgIpc) is 3.45. The SMILES string of the molecule is COCCC(=O)N1C[C@@H]2CN(C(=O)CCn3nccc3C)C[C@@H]2[C@H]1c1ccccc1. The van der Waals surface area contributed by atoms with Crippen LogP contribution in [0.2, 0.25) is 0 Å². The first kappa shape index (κ1) is 20.6. The van der Waals surface area contributed by atoms with E-state index in [1.165, 1.54) is 0 Å². The van der Waals surface area contributed by atoms with Gasteiger partial charge >= 0.3 is 0 Å². The number of carbonyl (C=O) groups excluding carboxylic acids is 2. The first-order chi connectivity index (χ1) is 14.6. The van der Waals surface area contributed by atoms with Crippen LogP contribution < -0.4 is 0 Å². The monoisotopic (exact) mass is 410 g/mol. The van der Waals surface area contributed by atoms with Crippen molar-refractivity contribution in [2.24, 2.45) is 11.8 Å². The van der Waals surface area contributed by atoms with Crippen LogP contribution in [0.3, 0.4) is 0 Å². The predicted molar refractivity (Wildman–Crippen MR) is 113 cm³/mol. The Labute approximate surface area is 177 Å². The first-order valence-electron chi connectivity index (χ1n) is 10.7. The zero-order valence-electron chi connectivity index (χ0n) is 17.7. The van der Waals surface area contributed by atoms with Crippen molar-refractivity contribution in [2.45, 2.75) is 32.4 Å². The summed E-state index contributed by atoms with van der Waals surface area (Å²) in [5.74, 6) is 0.891. The van der Waals surface area contributed by atoms with Gasteiger partial charge < -0.3 is 14.5 Å². The molecule has 0 bridgehead atoms. The number of aromatic nitrogens is 2. The molecule has 2 aromatic rings. The topological polar surface area (TPSA) is 67.7 Å². The third-order valence-electron chi connectivity index (χ3n) is 6.46. The minimum Gasteiger partial charge on any atom is -0.384 e. The maximum Gasteiger partial charge on any atom is 0.225 e. The lowest BCUT2D eigenvalue weighted by atomic mass is 9.89. The molecule has 2 amide bonds. The molecule has 0 aliphatic carbocycles. The fourth-order valence-corrected chi connectivity index (χ4v) is 4.91. The van der Waals surface area contributed by atoms with Gasteiger partial charge in [0.25, 0.3) is 0 Å². The highest BCUT2D eigenvalue weighted by Crippen LogP contribution is 2.45. The number of amides is 2. The van der Waals surface area contributed by atoms with E-state index >= 15 is 0 Å². The van der Waals surface area contributed by atoms with Gasteiger partial charge in [-0.1, -0.05) is 30.3 Å². The van der Waals surface area contributed by atoms with Gasteiger partial charge in [-0.15, -0.1) is 0 Å². The third-order valence-corrected chi connectivity index (χ3v) is 6.46. The van der Waals surface area contributed by atoms with E-state index in [9.17, 15) is 9.59 Å². The van der Waals surface area contributed by atoms with Crippen molar-refractivity contribution in [3.63, 3.8) is 0 Å². The molecule has 30 heavy (non-hydrogen) atoms. The van der Waals surface area contributed by atoms with Gasteiger partial charge in [0.15, 0.2) is 0 Å². The van der Waals surface area contributed by atoms with Gasteiger partial charge in [0, 0.05) is 63.4 Å². The Morgan fingerprint density at radius 3 is 2.57 bits per heavy atom. The Hall–Kier alpha value is -2.67. The molecule has 0 saturated carbocycles. The molecule has 0 unspecified atom stereocenters. The number of nitrogens with zero attached hydrogens (tertiary/aromatic N) is 4. The Morgan fingerprint density at radius 1 is 1.07 bits per heavy atom. The van der Waals surface area contributed by atoms with Gasteiger partial charge in [-0.05, 0) is 18.6 Å². The Kier molecular flexibility index (Phi) is 6.18. The average molecular weight is 411 g/mol. The van der Waals surface area contributed by atoms with Crippen molar-refractivity contribution in [3.8, 4) is 0 Å². The third kappa shape index (κ3) is 4.12. The number of methoxy groups -OCH3 is 1. The molecule has 2 saturated heterocycles. The molecule has 7 heteroatoms. The zero-order valence-corrected chi connectivity index (χ0v) is 17.7. The van der Waals surface area contributed by atoms with Crippen molar-refractivity contribution in [1.82, 2.24) is 19.6 Å². The van der Waals surface area contributed by atoms with Crippen LogP contribution in [0.15, 0.2) is 42.6 Å². The normalized spacial score (nSPS) is 23.1. The lowest BCUT2D eigenvalue weighted by Gasteiger charge is -2.30. The Balaban J connectivity index is 1.45. The summed E-state index contributed by atoms with van der Waals surface area (Å²) >= 11 is 0. The van der Waals surface area contributed by atoms with Crippen molar-refractivity contribution < 1.29 is 14.3 Å². The molecule has 1 aromatic carbocycles. The Morgan fingerprint density at radius 2 is 1.87 bits per heavy atom. The molecule has 0 spiro atoms. The van der Waals surface area contributed by atoms with Gasteiger partial charge in [0.2, 0.25) is 11.8 Å². The van der Waals surface area contributed by atoms with E-state index < -0.39 is 0 Å². The zero-order chi connectivity index (χ0) is 21.1. The number of rotatable bonds is 7. The minimum absolute atomic E-state index is 0.0201. The predicted octanol–water partition coefficient (Wildman–Crippen LogP) is 2.28. The number of carbonyl (C=O) groups is 2. The smallest absolute Gasteiger partial charge is 0.225 e. The lowest BCUT2D eigenvalue weighted by molar-refractivity contribution is -0.134. The second-order valence-electron chi connectivity index (χ2n) is 8.31. The van der Waals surface area contributed by atoms with Crippen LogP contribution in [0.5, 0.6) is 0 Å². The quantitative estimate of drug-likeness (QED) is 0.702. The number of hydrogen-bond donors (Lipinski definition) is 0. The van der Waals surface area contributed by atoms with Crippen LogP contribution in [0.25, 0.3) is 0 Å². The maximum atomic E-state index is 12.9. The highest BCUT2D eigenvalue weighted by molar-refractivity contribution is 5.78. The molecule has 160 valence electrons. The van der Waals surface area contributed by atoms with Crippen LogP contribution in [-0.2, 0) is 20.9 Å². The van der Waals surface area contributed by atoms with E-state index in [1.54, 1.807) is 13.3 Å². The molecule has 3 heterocycles. The van der Waals surface area contributed by atoms with Crippen molar-refractivity contribution in [3.05, 3.63) is 53.9 Å². The van der Waals surface area contributed by atoms with Crippen LogP contribution in [0.1, 0.15) is 30.1 Å². The standard InChI is InChI=1S/C23H30N4O3/c1-17-8-11-24-27(17)12-9-21(28)25-14-19-15-26(22(29)10-13-30-2)23(20(19)16-25)18-6-4-3-5-7-18/h3-8,11,19-20,23H,9-10,12-16H2,1-2H3/t19-,20-,23+/m0/s1. The molecule has 1 aromatic heterocycles. The van der Waals surface area contributed by atoms with Gasteiger partial charge in [-0.2, -0.15) is 5.10 Å². The molecule has 2 aliphatic heterocycles.